The van der Waals surface area contributed by atoms with Gasteiger partial charge >= 0.3 is 10.1 Å². The van der Waals surface area contributed by atoms with Crippen molar-refractivity contribution in [1.29, 1.82) is 0 Å². The molecule has 1 amide bonds. The second kappa shape index (κ2) is 6.39. The molecule has 1 aromatic rings. The van der Waals surface area contributed by atoms with Gasteiger partial charge in [-0.25, -0.2) is 12.8 Å². The summed E-state index contributed by atoms with van der Waals surface area (Å²) in [6, 6.07) is 3.60. The smallest absolute Gasteiger partial charge is 0.339 e. The third-order valence-corrected chi connectivity index (χ3v) is 3.70. The second-order valence-electron chi connectivity index (χ2n) is 4.28. The number of sulfonamides is 1. The summed E-state index contributed by atoms with van der Waals surface area (Å²) in [5, 5.41) is 0. The fourth-order valence-corrected chi connectivity index (χ4v) is 2.39. The van der Waals surface area contributed by atoms with Crippen LogP contribution in [0.25, 0.3) is 0 Å². The van der Waals surface area contributed by atoms with Gasteiger partial charge in [-0.3, -0.25) is 9.52 Å². The lowest BCUT2D eigenvalue weighted by molar-refractivity contribution is -0.120. The molecule has 10 heteroatoms. The van der Waals surface area contributed by atoms with E-state index in [1.54, 1.807) is 0 Å². The molecule has 0 unspecified atom stereocenters. The van der Waals surface area contributed by atoms with Crippen LogP contribution >= 0.6 is 0 Å². The molecule has 1 N–H and O–H groups in total. The number of halogens is 1. The van der Waals surface area contributed by atoms with Crippen LogP contribution in [0.3, 0.4) is 0 Å². The van der Waals surface area contributed by atoms with E-state index in [-0.39, 0.29) is 5.75 Å². The number of alkyl halides is 1. The number of hydrogen-bond acceptors (Lipinski definition) is 6. The van der Waals surface area contributed by atoms with E-state index in [2.05, 4.69) is 4.18 Å². The molecule has 0 fully saturated rings. The molecule has 0 spiro atoms. The minimum Gasteiger partial charge on any atom is -0.381 e. The molecular weight excluding hydrogens is 325 g/mol. The number of carbonyl (C=O) groups excluding carboxylic acids is 1. The molecule has 0 bridgehead atoms. The predicted molar refractivity (Wildman–Crippen MR) is 73.4 cm³/mol. The first-order chi connectivity index (χ1) is 9.54. The lowest BCUT2D eigenvalue weighted by Crippen LogP contribution is -2.32. The van der Waals surface area contributed by atoms with Crippen molar-refractivity contribution in [2.75, 3.05) is 12.3 Å². The minimum atomic E-state index is -4.27. The molecule has 1 atom stereocenters. The van der Waals surface area contributed by atoms with Crippen molar-refractivity contribution < 1.29 is 30.2 Å². The summed E-state index contributed by atoms with van der Waals surface area (Å²) in [4.78, 5) is 11.7. The Morgan fingerprint density at radius 3 is 2.19 bits per heavy atom. The van der Waals surface area contributed by atoms with Crippen LogP contribution in [0.15, 0.2) is 24.3 Å². The van der Waals surface area contributed by atoms with Crippen molar-refractivity contribution in [3.05, 3.63) is 29.8 Å². The highest BCUT2D eigenvalue weighted by Gasteiger charge is 2.19. The molecule has 0 saturated heterocycles. The van der Waals surface area contributed by atoms with Gasteiger partial charge in [-0.1, -0.05) is 12.1 Å². The summed E-state index contributed by atoms with van der Waals surface area (Å²) in [6.45, 7) is 1.48. The zero-order valence-corrected chi connectivity index (χ0v) is 12.9. The Kier molecular flexibility index (Phi) is 5.29. The van der Waals surface area contributed by atoms with E-state index >= 15 is 0 Å². The second-order valence-corrected chi connectivity index (χ2v) is 7.53. The summed E-state index contributed by atoms with van der Waals surface area (Å²) < 4.78 is 62.2. The van der Waals surface area contributed by atoms with Crippen LogP contribution in [0.5, 0.6) is 5.75 Å². The molecule has 0 radical (unpaired) electrons. The van der Waals surface area contributed by atoms with Gasteiger partial charge in [-0.05, 0) is 24.6 Å². The lowest BCUT2D eigenvalue weighted by Gasteiger charge is -2.12. The molecule has 0 aliphatic heterocycles. The maximum absolute atomic E-state index is 12.1. The molecule has 1 rings (SSSR count). The number of nitrogens with one attached hydrogen (secondary N) is 1. The lowest BCUT2D eigenvalue weighted by atomic mass is 10.0. The number of hydrogen-bond donors (Lipinski definition) is 1. The van der Waals surface area contributed by atoms with Crippen molar-refractivity contribution in [2.24, 2.45) is 0 Å². The van der Waals surface area contributed by atoms with E-state index in [1.807, 2.05) is 4.72 Å². The van der Waals surface area contributed by atoms with Gasteiger partial charge in [0.15, 0.2) is 0 Å². The Balaban J connectivity index is 2.85. The molecule has 21 heavy (non-hydrogen) atoms. The average Bonchev–Trinajstić information content (AvgIpc) is 2.36. The first-order valence-corrected chi connectivity index (χ1v) is 9.10. The fourth-order valence-electron chi connectivity index (χ4n) is 1.40. The van der Waals surface area contributed by atoms with Gasteiger partial charge < -0.3 is 4.18 Å². The van der Waals surface area contributed by atoms with Crippen LogP contribution in [0.2, 0.25) is 0 Å². The minimum absolute atomic E-state index is 0.105. The van der Waals surface area contributed by atoms with Crippen molar-refractivity contribution in [2.45, 2.75) is 12.8 Å². The number of amides is 1. The highest BCUT2D eigenvalue weighted by molar-refractivity contribution is 7.89. The highest BCUT2D eigenvalue weighted by Crippen LogP contribution is 2.20. The van der Waals surface area contributed by atoms with E-state index in [4.69, 9.17) is 0 Å². The van der Waals surface area contributed by atoms with E-state index in [0.29, 0.717) is 5.56 Å². The van der Waals surface area contributed by atoms with Gasteiger partial charge in [-0.15, -0.1) is 0 Å². The van der Waals surface area contributed by atoms with Crippen molar-refractivity contribution in [3.8, 4) is 5.75 Å². The van der Waals surface area contributed by atoms with Crippen LogP contribution in [0, 0.1) is 0 Å². The van der Waals surface area contributed by atoms with Crippen molar-refractivity contribution in [1.82, 2.24) is 4.72 Å². The maximum Gasteiger partial charge on any atom is 0.339 e. The molecule has 0 aliphatic carbocycles. The maximum atomic E-state index is 12.1. The topological polar surface area (TPSA) is 107 Å². The Labute approximate surface area is 122 Å². The van der Waals surface area contributed by atoms with E-state index < -0.39 is 38.0 Å². The van der Waals surface area contributed by atoms with Crippen LogP contribution in [-0.4, -0.2) is 35.0 Å². The van der Waals surface area contributed by atoms with Crippen molar-refractivity contribution in [3.63, 3.8) is 0 Å². The molecule has 118 valence electrons. The molecule has 0 aromatic heterocycles. The van der Waals surface area contributed by atoms with Gasteiger partial charge in [0.2, 0.25) is 21.9 Å². The van der Waals surface area contributed by atoms with Crippen LogP contribution in [0.4, 0.5) is 4.39 Å². The molecular formula is C11H14FNO6S2. The Hall–Kier alpha value is -1.68. The van der Waals surface area contributed by atoms with Crippen LogP contribution < -0.4 is 8.91 Å². The zero-order valence-electron chi connectivity index (χ0n) is 11.2. The first kappa shape index (κ1) is 17.4. The summed E-state index contributed by atoms with van der Waals surface area (Å²) in [5.41, 5.74) is 0.446. The quantitative estimate of drug-likeness (QED) is 0.757. The molecule has 1 aromatic carbocycles. The Morgan fingerprint density at radius 1 is 1.24 bits per heavy atom. The summed E-state index contributed by atoms with van der Waals surface area (Å²) >= 11 is 0. The summed E-state index contributed by atoms with van der Waals surface area (Å²) in [6.07, 6.45) is 0.858. The normalized spacial score (nSPS) is 13.5. The monoisotopic (exact) mass is 339 g/mol. The fraction of sp³-hybridized carbons (Fsp3) is 0.364. The number of benzene rings is 1. The molecule has 0 aliphatic rings. The van der Waals surface area contributed by atoms with Gasteiger partial charge in [0, 0.05) is 0 Å². The third-order valence-electron chi connectivity index (χ3n) is 2.42. The summed E-state index contributed by atoms with van der Waals surface area (Å²) in [7, 11) is -7.93. The van der Waals surface area contributed by atoms with Gasteiger partial charge in [0.05, 0.1) is 12.2 Å². The van der Waals surface area contributed by atoms with E-state index in [9.17, 15) is 26.0 Å². The predicted octanol–water partition coefficient (Wildman–Crippen LogP) is 0.501. The van der Waals surface area contributed by atoms with Crippen LogP contribution in [-0.2, 0) is 24.9 Å². The summed E-state index contributed by atoms with van der Waals surface area (Å²) in [5.74, 6) is -1.60. The molecule has 0 saturated carbocycles. The van der Waals surface area contributed by atoms with Gasteiger partial charge in [0.1, 0.15) is 5.75 Å². The van der Waals surface area contributed by atoms with E-state index in [1.165, 1.54) is 31.2 Å². The number of carbonyl (C=O) groups is 1. The van der Waals surface area contributed by atoms with Crippen molar-refractivity contribution >= 4 is 26.0 Å². The van der Waals surface area contributed by atoms with Crippen LogP contribution in [0.1, 0.15) is 18.4 Å². The Morgan fingerprint density at radius 2 is 1.76 bits per heavy atom. The number of rotatable bonds is 6. The average molecular weight is 339 g/mol. The highest BCUT2D eigenvalue weighted by atomic mass is 32.2. The van der Waals surface area contributed by atoms with Gasteiger partial charge in [0.25, 0.3) is 0 Å². The van der Waals surface area contributed by atoms with Gasteiger partial charge in [-0.2, -0.15) is 8.42 Å². The largest absolute Gasteiger partial charge is 0.381 e. The molecule has 7 nitrogen and oxygen atoms in total. The van der Waals surface area contributed by atoms with E-state index in [0.717, 1.165) is 6.26 Å². The first-order valence-electron chi connectivity index (χ1n) is 5.64. The zero-order chi connectivity index (χ0) is 16.3. The standard InChI is InChI=1S/C11H14FNO6S2/c1-8(11(14)13-20(2,15)16)9-3-5-10(6-4-9)19-21(17,18)7-12/h3-6,8H,7H2,1-2H3,(H,13,14)/t8-/m1/s1. The SMILES string of the molecule is C[C@@H](C(=O)NS(C)(=O)=O)c1ccc(OS(=O)(=O)CF)cc1. The third kappa shape index (κ3) is 5.68. The Bertz CT molecular complexity index is 712. The molecule has 0 heterocycles.